The van der Waals surface area contributed by atoms with E-state index in [1.54, 1.807) is 86.2 Å². The number of aryl methyl sites for hydroxylation is 1. The lowest BCUT2D eigenvalue weighted by Crippen LogP contribution is -2.71. The fourth-order valence-electron chi connectivity index (χ4n) is 6.51. The van der Waals surface area contributed by atoms with Crippen molar-refractivity contribution >= 4 is 75.3 Å². The average molecular weight is 938 g/mol. The van der Waals surface area contributed by atoms with Gasteiger partial charge in [-0.3, -0.25) is 19.8 Å². The Morgan fingerprint density at radius 3 is 2.46 bits per heavy atom. The van der Waals surface area contributed by atoms with Crippen LogP contribution in [0.25, 0.3) is 11.2 Å². The summed E-state index contributed by atoms with van der Waals surface area (Å²) in [4.78, 5) is 81.8. The van der Waals surface area contributed by atoms with E-state index in [0.29, 0.717) is 35.5 Å². The number of ether oxygens (including phenoxy) is 4. The van der Waals surface area contributed by atoms with Gasteiger partial charge in [-0.1, -0.05) is 17.3 Å². The Bertz CT molecular complexity index is 2460. The second-order valence-electron chi connectivity index (χ2n) is 16.8. The molecule has 3 atom stereocenters. The number of β-lactam (4-membered cyclic amide) rings is 1. The molecule has 3 unspecified atom stereocenters. The van der Waals surface area contributed by atoms with Gasteiger partial charge in [0, 0.05) is 35.9 Å². The van der Waals surface area contributed by atoms with Crippen LogP contribution in [0.1, 0.15) is 66.3 Å². The maximum absolute atomic E-state index is 14.1. The second kappa shape index (κ2) is 20.7. The van der Waals surface area contributed by atoms with Gasteiger partial charge in [-0.05, 0) is 89.7 Å². The lowest BCUT2D eigenvalue weighted by atomic mass is 10.0. The number of hydrogen-bond donors (Lipinski definition) is 4. The molecule has 21 nitrogen and oxygen atoms in total. The average Bonchev–Trinajstić information content (AvgIpc) is 3.89. The first-order valence-electron chi connectivity index (χ1n) is 20.6. The number of aliphatic hydroxyl groups excluding tert-OH is 1. The Balaban J connectivity index is 1.20. The maximum Gasteiger partial charge on any atom is 0.414 e. The van der Waals surface area contributed by atoms with Gasteiger partial charge in [-0.15, -0.1) is 11.8 Å². The van der Waals surface area contributed by atoms with Crippen LogP contribution in [-0.4, -0.2) is 119 Å². The molecule has 0 spiro atoms. The molecular formula is C42H53N10O11S2+. The van der Waals surface area contributed by atoms with Gasteiger partial charge in [0.1, 0.15) is 59.3 Å². The number of oxime groups is 1. The summed E-state index contributed by atoms with van der Waals surface area (Å²) < 4.78 is 29.5. The molecule has 0 saturated carbocycles. The predicted octanol–water partition coefficient (Wildman–Crippen LogP) is 3.64. The highest BCUT2D eigenvalue weighted by atomic mass is 32.2. The minimum absolute atomic E-state index is 0.00637. The Kier molecular flexibility index (Phi) is 15.3. The maximum atomic E-state index is 14.1. The predicted molar refractivity (Wildman–Crippen MR) is 238 cm³/mol. The van der Waals surface area contributed by atoms with Gasteiger partial charge in [0.2, 0.25) is 23.0 Å². The molecule has 1 fully saturated rings. The standard InChI is InChI=1S/C42H52N10O11S2/c1-9-61-48-29(32-46-38(65-49-32)47-40(58)63-42(5,6)7)34(54)45-30-35(55)52-31(37(56)60-21-24-12-14-27(59-8)15-13-24)25(22-64-36(30)52)20-50-17-10-11-28-33(50)44-23-51(28)18-16-26(53)19-43-39(57)62-41(2,3)4/h10-15,17,23,26,30,36,53H,9,16,18-22H2,1-8H3,(H2-,43,45,46,47,49,54,57,58)/p+1/b48-29-. The molecule has 0 bridgehead atoms. The number of pyridine rings is 1. The van der Waals surface area contributed by atoms with Gasteiger partial charge in [0.15, 0.2) is 0 Å². The SMILES string of the molecule is CCO/N=C(\C(=O)NC1C(=O)N2C(C(=O)OCc3ccc(OC)cc3)=C(C[n+]3cccc4c3ncn4CCC(O)CNC(=O)OC(C)(C)C)CSC12)c1nsc(NC(=O)OC(C)(C)C)n1. The number of nitrogens with one attached hydrogen (secondary N) is 3. The number of nitrogens with zero attached hydrogens (tertiary/aromatic N) is 7. The number of esters is 1. The van der Waals surface area contributed by atoms with E-state index in [4.69, 9.17) is 23.8 Å². The summed E-state index contributed by atoms with van der Waals surface area (Å²) >= 11 is 2.14. The zero-order valence-corrected chi connectivity index (χ0v) is 38.9. The molecule has 6 rings (SSSR count). The van der Waals surface area contributed by atoms with Crippen molar-refractivity contribution in [3.05, 3.63) is 71.6 Å². The van der Waals surface area contributed by atoms with Crippen LogP contribution in [-0.2, 0) is 53.1 Å². The van der Waals surface area contributed by atoms with E-state index in [0.717, 1.165) is 17.0 Å². The first kappa shape index (κ1) is 48.1. The van der Waals surface area contributed by atoms with Gasteiger partial charge >= 0.3 is 23.8 Å². The minimum Gasteiger partial charge on any atom is -0.497 e. The van der Waals surface area contributed by atoms with E-state index in [1.807, 2.05) is 27.5 Å². The summed E-state index contributed by atoms with van der Waals surface area (Å²) in [6, 6.07) is 9.65. The first-order chi connectivity index (χ1) is 30.8. The summed E-state index contributed by atoms with van der Waals surface area (Å²) in [5, 5.41) is 21.7. The molecule has 1 saturated heterocycles. The summed E-state index contributed by atoms with van der Waals surface area (Å²) in [6.45, 7) is 12.6. The molecule has 4 amide bonds. The molecule has 4 aromatic rings. The third kappa shape index (κ3) is 12.5. The van der Waals surface area contributed by atoms with E-state index in [9.17, 15) is 29.1 Å². The zero-order chi connectivity index (χ0) is 47.1. The molecule has 0 radical (unpaired) electrons. The number of anilines is 1. The summed E-state index contributed by atoms with van der Waals surface area (Å²) in [6.07, 6.45) is 1.53. The van der Waals surface area contributed by atoms with Crippen LogP contribution in [0.15, 0.2) is 65.3 Å². The molecule has 348 valence electrons. The van der Waals surface area contributed by atoms with Crippen LogP contribution >= 0.6 is 23.3 Å². The highest BCUT2D eigenvalue weighted by Crippen LogP contribution is 2.41. The van der Waals surface area contributed by atoms with Crippen molar-refractivity contribution in [2.24, 2.45) is 5.16 Å². The number of imidazole rings is 1. The van der Waals surface area contributed by atoms with Crippen LogP contribution in [0, 0.1) is 0 Å². The molecule has 0 aliphatic carbocycles. The van der Waals surface area contributed by atoms with Crippen molar-refractivity contribution in [1.82, 2.24) is 34.4 Å². The Labute approximate surface area is 383 Å². The van der Waals surface area contributed by atoms with E-state index < -0.39 is 58.7 Å². The lowest BCUT2D eigenvalue weighted by Gasteiger charge is -2.49. The molecular weight excluding hydrogens is 885 g/mol. The number of thioether (sulfide) groups is 1. The Morgan fingerprint density at radius 2 is 1.77 bits per heavy atom. The van der Waals surface area contributed by atoms with Gasteiger partial charge in [0.05, 0.1) is 19.4 Å². The molecule has 5 heterocycles. The summed E-state index contributed by atoms with van der Waals surface area (Å²) in [5.74, 6) is -1.36. The second-order valence-corrected chi connectivity index (χ2v) is 18.6. The number of rotatable bonds is 17. The fraction of sp³-hybridized carbons (Fsp3) is 0.476. The van der Waals surface area contributed by atoms with Crippen LogP contribution in [0.3, 0.4) is 0 Å². The van der Waals surface area contributed by atoms with Crippen LogP contribution in [0.4, 0.5) is 14.7 Å². The van der Waals surface area contributed by atoms with Gasteiger partial charge < -0.3 is 44.1 Å². The van der Waals surface area contributed by atoms with Crippen molar-refractivity contribution in [1.29, 1.82) is 0 Å². The van der Waals surface area contributed by atoms with Crippen molar-refractivity contribution in [2.75, 3.05) is 31.3 Å². The van der Waals surface area contributed by atoms with Crippen molar-refractivity contribution in [3.8, 4) is 5.75 Å². The molecule has 23 heteroatoms. The normalized spacial score (nSPS) is 16.8. The van der Waals surface area contributed by atoms with E-state index in [-0.39, 0.29) is 54.4 Å². The minimum atomic E-state index is -1.08. The van der Waals surface area contributed by atoms with E-state index in [2.05, 4.69) is 35.4 Å². The third-order valence-electron chi connectivity index (χ3n) is 9.40. The Hall–Kier alpha value is -6.33. The topological polar surface area (TPSA) is 251 Å². The van der Waals surface area contributed by atoms with Crippen LogP contribution < -0.4 is 25.3 Å². The molecule has 2 aliphatic rings. The van der Waals surface area contributed by atoms with Gasteiger partial charge in [-0.25, -0.2) is 19.0 Å². The highest BCUT2D eigenvalue weighted by Gasteiger charge is 2.55. The van der Waals surface area contributed by atoms with E-state index in [1.165, 1.54) is 16.7 Å². The molecule has 2 aliphatic heterocycles. The van der Waals surface area contributed by atoms with Gasteiger partial charge in [-0.2, -0.15) is 9.36 Å². The monoisotopic (exact) mass is 937 g/mol. The van der Waals surface area contributed by atoms with Gasteiger partial charge in [0.25, 0.3) is 11.8 Å². The van der Waals surface area contributed by atoms with Crippen molar-refractivity contribution in [2.45, 2.75) is 103 Å². The van der Waals surface area contributed by atoms with Crippen LogP contribution in [0.5, 0.6) is 5.75 Å². The van der Waals surface area contributed by atoms with Crippen molar-refractivity contribution < 1.29 is 57.4 Å². The quantitative estimate of drug-likeness (QED) is 0.0295. The number of carbonyl (C=O) groups is 5. The first-order valence-corrected chi connectivity index (χ1v) is 22.5. The number of methoxy groups -OCH3 is 1. The number of alkyl carbamates (subject to hydrolysis) is 1. The number of hydrogen-bond acceptors (Lipinski definition) is 17. The Morgan fingerprint density at radius 1 is 1.05 bits per heavy atom. The smallest absolute Gasteiger partial charge is 0.414 e. The molecule has 65 heavy (non-hydrogen) atoms. The van der Waals surface area contributed by atoms with E-state index >= 15 is 0 Å². The summed E-state index contributed by atoms with van der Waals surface area (Å²) in [7, 11) is 1.55. The number of aliphatic hydroxyl groups is 1. The number of benzene rings is 1. The number of amides is 4. The molecule has 1 aromatic carbocycles. The molecule has 4 N–H and O–H groups in total. The molecule has 3 aromatic heterocycles. The summed E-state index contributed by atoms with van der Waals surface area (Å²) in [5.41, 5.74) is 0.886. The highest BCUT2D eigenvalue weighted by molar-refractivity contribution is 8.00. The van der Waals surface area contributed by atoms with Crippen molar-refractivity contribution in [3.63, 3.8) is 0 Å². The number of fused-ring (bicyclic) bond motifs is 2. The largest absolute Gasteiger partial charge is 0.497 e. The number of carbonyl (C=O) groups excluding carboxylic acids is 5. The fourth-order valence-corrected chi connectivity index (χ4v) is 8.41. The van der Waals surface area contributed by atoms with Crippen LogP contribution in [0.2, 0.25) is 0 Å². The zero-order valence-electron chi connectivity index (χ0n) is 37.3. The third-order valence-corrected chi connectivity index (χ3v) is 11.4. The number of aromatic nitrogens is 5. The lowest BCUT2D eigenvalue weighted by molar-refractivity contribution is -0.664.